The maximum Gasteiger partial charge on any atom is 0.255 e. The van der Waals surface area contributed by atoms with Gasteiger partial charge in [0.1, 0.15) is 5.82 Å². The van der Waals surface area contributed by atoms with E-state index < -0.39 is 11.7 Å². The molecule has 3 fully saturated rings. The predicted octanol–water partition coefficient (Wildman–Crippen LogP) is 7.78. The van der Waals surface area contributed by atoms with Crippen molar-refractivity contribution in [3.63, 3.8) is 0 Å². The van der Waals surface area contributed by atoms with Crippen LogP contribution in [0.3, 0.4) is 0 Å². The molecule has 1 atom stereocenters. The topological polar surface area (TPSA) is 161 Å². The first-order valence-electron chi connectivity index (χ1n) is 20.7. The molecule has 3 aliphatic rings. The highest BCUT2D eigenvalue weighted by Crippen LogP contribution is 2.33. The maximum absolute atomic E-state index is 15.2. The van der Waals surface area contributed by atoms with Crippen molar-refractivity contribution in [2.24, 2.45) is 5.92 Å². The van der Waals surface area contributed by atoms with Crippen molar-refractivity contribution >= 4 is 69.7 Å². The lowest BCUT2D eigenvalue weighted by Crippen LogP contribution is -2.54. The summed E-state index contributed by atoms with van der Waals surface area (Å²) in [5.41, 5.74) is 3.64. The van der Waals surface area contributed by atoms with Gasteiger partial charge in [0.05, 0.1) is 28.5 Å². The summed E-state index contributed by atoms with van der Waals surface area (Å²) in [4.78, 5) is 62.4. The lowest BCUT2D eigenvalue weighted by molar-refractivity contribution is -0.134. The van der Waals surface area contributed by atoms with Crippen molar-refractivity contribution in [3.05, 3.63) is 131 Å². The molecule has 2 aliphatic heterocycles. The zero-order chi connectivity index (χ0) is 43.3. The van der Waals surface area contributed by atoms with Crippen molar-refractivity contribution in [1.82, 2.24) is 25.5 Å². The van der Waals surface area contributed by atoms with E-state index in [1.165, 1.54) is 6.07 Å². The third-order valence-electron chi connectivity index (χ3n) is 11.9. The number of piperidine rings is 2. The van der Waals surface area contributed by atoms with Gasteiger partial charge in [-0.2, -0.15) is 4.98 Å². The average Bonchev–Trinajstić information content (AvgIpc) is 3.24. The molecule has 5 aromatic rings. The highest BCUT2D eigenvalue weighted by molar-refractivity contribution is 6.33. The van der Waals surface area contributed by atoms with Crippen molar-refractivity contribution in [3.8, 4) is 0 Å². The van der Waals surface area contributed by atoms with Crippen LogP contribution < -0.4 is 31.5 Å². The number of halogens is 3. The van der Waals surface area contributed by atoms with Crippen LogP contribution in [0.2, 0.25) is 5.02 Å². The van der Waals surface area contributed by atoms with E-state index in [0.717, 1.165) is 51.5 Å². The summed E-state index contributed by atoms with van der Waals surface area (Å²) in [5, 5.41) is 14.6. The van der Waals surface area contributed by atoms with Gasteiger partial charge < -0.3 is 31.1 Å². The van der Waals surface area contributed by atoms with Gasteiger partial charge in [-0.1, -0.05) is 29.8 Å². The molecule has 4 aromatic carbocycles. The fourth-order valence-corrected chi connectivity index (χ4v) is 8.39. The average molecular weight is 862 g/mol. The molecule has 1 aromatic heterocycles. The van der Waals surface area contributed by atoms with Crippen LogP contribution in [0.15, 0.2) is 97.2 Å². The Morgan fingerprint density at radius 2 is 1.53 bits per heavy atom. The van der Waals surface area contributed by atoms with Gasteiger partial charge in [0.25, 0.3) is 11.8 Å². The Balaban J connectivity index is 0.757. The van der Waals surface area contributed by atoms with Crippen LogP contribution in [-0.4, -0.2) is 77.3 Å². The van der Waals surface area contributed by atoms with Crippen molar-refractivity contribution < 1.29 is 28.0 Å². The third-order valence-corrected chi connectivity index (χ3v) is 12.2. The Morgan fingerprint density at radius 1 is 0.855 bits per heavy atom. The van der Waals surface area contributed by atoms with E-state index in [1.807, 2.05) is 0 Å². The SMILES string of the molecule is CN(CC1CCN(c2ccc([C@H]3CCC(=O)NC3=O)cc2F)CC1)C1CC(NC(=O)c2ccc(Nc3ncc(F)c(Nc4ccc(C(=O)Nc5ccccc5Cl)cc4)n3)cc2)C1. The van der Waals surface area contributed by atoms with Crippen LogP contribution in [0.25, 0.3) is 0 Å². The largest absolute Gasteiger partial charge is 0.369 e. The summed E-state index contributed by atoms with van der Waals surface area (Å²) < 4.78 is 29.9. The lowest BCUT2D eigenvalue weighted by Gasteiger charge is -2.43. The number of nitrogens with zero attached hydrogens (tertiary/aromatic N) is 4. The predicted molar refractivity (Wildman–Crippen MR) is 234 cm³/mol. The lowest BCUT2D eigenvalue weighted by atomic mass is 9.84. The minimum Gasteiger partial charge on any atom is -0.369 e. The highest BCUT2D eigenvalue weighted by Gasteiger charge is 2.35. The van der Waals surface area contributed by atoms with E-state index in [0.29, 0.717) is 62.8 Å². The molecule has 320 valence electrons. The molecular formula is C46H46ClF2N9O4. The number of hydrogen-bond donors (Lipinski definition) is 5. The number of carbonyl (C=O) groups excluding carboxylic acids is 4. The number of anilines is 6. The number of hydrogen-bond acceptors (Lipinski definition) is 10. The van der Waals surface area contributed by atoms with E-state index in [9.17, 15) is 23.6 Å². The van der Waals surface area contributed by atoms with Crippen molar-refractivity contribution in [2.45, 2.75) is 56.5 Å². The quantitative estimate of drug-likeness (QED) is 0.0740. The Kier molecular flexibility index (Phi) is 12.7. The Bertz CT molecular complexity index is 2460. The minimum absolute atomic E-state index is 0.0639. The molecule has 0 radical (unpaired) electrons. The monoisotopic (exact) mass is 861 g/mol. The first-order valence-corrected chi connectivity index (χ1v) is 21.1. The van der Waals surface area contributed by atoms with Gasteiger partial charge in [-0.05, 0) is 123 Å². The summed E-state index contributed by atoms with van der Waals surface area (Å²) in [6.07, 6.45) is 5.27. The van der Waals surface area contributed by atoms with Crippen LogP contribution in [0.1, 0.15) is 70.7 Å². The molecule has 8 rings (SSSR count). The van der Waals surface area contributed by atoms with E-state index in [4.69, 9.17) is 11.6 Å². The van der Waals surface area contributed by atoms with Crippen LogP contribution >= 0.6 is 11.6 Å². The van der Waals surface area contributed by atoms with Crippen LogP contribution in [0, 0.1) is 17.6 Å². The number of imide groups is 1. The second-order valence-corrected chi connectivity index (χ2v) is 16.5. The van der Waals surface area contributed by atoms with E-state index in [2.05, 4.69) is 53.4 Å². The van der Waals surface area contributed by atoms with Gasteiger partial charge in [0, 0.05) is 60.6 Å². The molecule has 1 aliphatic carbocycles. The van der Waals surface area contributed by atoms with Gasteiger partial charge in [0.2, 0.25) is 17.8 Å². The first-order chi connectivity index (χ1) is 29.9. The smallest absolute Gasteiger partial charge is 0.255 e. The normalized spacial score (nSPS) is 19.0. The Labute approximate surface area is 362 Å². The molecule has 13 nitrogen and oxygen atoms in total. The fraction of sp³-hybridized carbons (Fsp3) is 0.304. The van der Waals surface area contributed by atoms with E-state index in [1.54, 1.807) is 84.9 Å². The second-order valence-electron chi connectivity index (χ2n) is 16.1. The van der Waals surface area contributed by atoms with Gasteiger partial charge >= 0.3 is 0 Å². The Hall–Kier alpha value is -6.45. The number of aromatic nitrogens is 2. The second kappa shape index (κ2) is 18.7. The molecule has 4 amide bonds. The minimum atomic E-state index is -0.666. The summed E-state index contributed by atoms with van der Waals surface area (Å²) in [6.45, 7) is 2.41. The molecule has 16 heteroatoms. The molecule has 62 heavy (non-hydrogen) atoms. The summed E-state index contributed by atoms with van der Waals surface area (Å²) in [5.74, 6) is -2.13. The molecule has 1 saturated carbocycles. The summed E-state index contributed by atoms with van der Waals surface area (Å²) in [7, 11) is 2.13. The van der Waals surface area contributed by atoms with E-state index in [-0.39, 0.29) is 53.7 Å². The fourth-order valence-electron chi connectivity index (χ4n) is 8.20. The molecule has 0 spiro atoms. The number of amides is 4. The van der Waals surface area contributed by atoms with Crippen LogP contribution in [-0.2, 0) is 9.59 Å². The van der Waals surface area contributed by atoms with Crippen LogP contribution in [0.5, 0.6) is 0 Å². The van der Waals surface area contributed by atoms with Gasteiger partial charge in [-0.25, -0.2) is 13.8 Å². The summed E-state index contributed by atoms with van der Waals surface area (Å²) >= 11 is 6.15. The third kappa shape index (κ3) is 10.0. The first kappa shape index (κ1) is 42.2. The molecule has 0 bridgehead atoms. The Morgan fingerprint density at radius 3 is 2.21 bits per heavy atom. The van der Waals surface area contributed by atoms with Crippen molar-refractivity contribution in [1.29, 1.82) is 0 Å². The van der Waals surface area contributed by atoms with Gasteiger partial charge in [-0.15, -0.1) is 0 Å². The van der Waals surface area contributed by atoms with Crippen molar-refractivity contribution in [2.75, 3.05) is 47.5 Å². The zero-order valence-electron chi connectivity index (χ0n) is 34.0. The van der Waals surface area contributed by atoms with Gasteiger partial charge in [0.15, 0.2) is 11.6 Å². The van der Waals surface area contributed by atoms with Gasteiger partial charge in [-0.3, -0.25) is 24.5 Å². The number of para-hydroxylation sites is 1. The van der Waals surface area contributed by atoms with E-state index >= 15 is 4.39 Å². The van der Waals surface area contributed by atoms with Crippen LogP contribution in [0.4, 0.5) is 43.3 Å². The number of nitrogens with one attached hydrogen (secondary N) is 5. The molecule has 2 saturated heterocycles. The molecule has 0 unspecified atom stereocenters. The number of rotatable bonds is 13. The molecule has 3 heterocycles. The number of benzene rings is 4. The number of carbonyl (C=O) groups is 4. The molecular weight excluding hydrogens is 816 g/mol. The summed E-state index contributed by atoms with van der Waals surface area (Å²) in [6, 6.07) is 25.7. The maximum atomic E-state index is 15.2. The standard InChI is InChI=1S/C46H46ClF2N9O4/c1-57(26-27-18-20-58(21-19-27)40-16-10-30(22-37(40)48)35-15-17-41(59)55-45(35)62)34-23-33(24-34)52-43(60)28-8-13-32(14-9-28)53-46-50-25-38(49)42(56-46)51-31-11-6-29(7-12-31)44(61)54-39-5-3-2-4-36(39)47/h2-14,16,22,25,27,33-35H,15,17-21,23-24,26H2,1H3,(H,52,60)(H,54,61)(H,55,59,62)(H2,50,51,53,56)/t33?,34?,35-/m1/s1. The molecule has 5 N–H and O–H groups in total. The zero-order valence-corrected chi connectivity index (χ0v) is 34.7. The highest BCUT2D eigenvalue weighted by atomic mass is 35.5.